The van der Waals surface area contributed by atoms with E-state index < -0.39 is 0 Å². The highest BCUT2D eigenvalue weighted by Crippen LogP contribution is 2.27. The number of nitrogens with zero attached hydrogens (tertiary/aromatic N) is 2. The van der Waals surface area contributed by atoms with Crippen molar-refractivity contribution in [2.45, 2.75) is 6.92 Å². The van der Waals surface area contributed by atoms with Gasteiger partial charge in [-0.25, -0.2) is 14.4 Å². The Labute approximate surface area is 128 Å². The molecule has 0 aliphatic heterocycles. The van der Waals surface area contributed by atoms with Crippen LogP contribution in [0, 0.1) is 12.7 Å². The molecule has 0 saturated heterocycles. The lowest BCUT2D eigenvalue weighted by Crippen LogP contribution is -1.93. The zero-order valence-electron chi connectivity index (χ0n) is 10.5. The number of benzene rings is 2. The lowest BCUT2D eigenvalue weighted by atomic mass is 10.1. The van der Waals surface area contributed by atoms with Crippen molar-refractivity contribution >= 4 is 38.4 Å². The maximum Gasteiger partial charge on any atom is 0.161 e. The third kappa shape index (κ3) is 2.53. The maximum atomic E-state index is 13.5. The van der Waals surface area contributed by atoms with Crippen molar-refractivity contribution < 1.29 is 4.39 Å². The summed E-state index contributed by atoms with van der Waals surface area (Å²) >= 11 is 9.58. The van der Waals surface area contributed by atoms with E-state index in [9.17, 15) is 4.39 Å². The number of aromatic nitrogens is 2. The summed E-state index contributed by atoms with van der Waals surface area (Å²) < 4.78 is 14.4. The molecule has 0 spiro atoms. The monoisotopic (exact) mass is 350 g/mol. The van der Waals surface area contributed by atoms with Gasteiger partial charge in [0.1, 0.15) is 11.0 Å². The Morgan fingerprint density at radius 3 is 2.65 bits per heavy atom. The predicted octanol–water partition coefficient (Wildman–Crippen LogP) is 5.16. The number of rotatable bonds is 1. The lowest BCUT2D eigenvalue weighted by molar-refractivity contribution is 0.627. The van der Waals surface area contributed by atoms with Gasteiger partial charge in [-0.3, -0.25) is 0 Å². The van der Waals surface area contributed by atoms with Crippen molar-refractivity contribution in [3.63, 3.8) is 0 Å². The van der Waals surface area contributed by atoms with Crippen LogP contribution < -0.4 is 0 Å². The maximum absolute atomic E-state index is 13.5. The molecule has 1 heterocycles. The predicted molar refractivity (Wildman–Crippen MR) is 82.4 cm³/mol. The van der Waals surface area contributed by atoms with Gasteiger partial charge in [0.2, 0.25) is 0 Å². The molecular formula is C15H9BrClFN2. The number of aryl methyl sites for hydroxylation is 1. The highest BCUT2D eigenvalue weighted by atomic mass is 79.9. The molecule has 0 aliphatic carbocycles. The van der Waals surface area contributed by atoms with E-state index in [-0.39, 0.29) is 5.82 Å². The summed E-state index contributed by atoms with van der Waals surface area (Å²) in [5.41, 5.74) is 2.16. The minimum atomic E-state index is -0.310. The number of hydrogen-bond acceptors (Lipinski definition) is 2. The van der Waals surface area contributed by atoms with E-state index >= 15 is 0 Å². The Morgan fingerprint density at radius 2 is 1.90 bits per heavy atom. The van der Waals surface area contributed by atoms with Crippen LogP contribution in [0.25, 0.3) is 22.3 Å². The zero-order valence-corrected chi connectivity index (χ0v) is 12.8. The molecule has 20 heavy (non-hydrogen) atoms. The molecule has 0 N–H and O–H groups in total. The van der Waals surface area contributed by atoms with E-state index in [0.29, 0.717) is 16.5 Å². The van der Waals surface area contributed by atoms with Crippen molar-refractivity contribution in [3.8, 4) is 11.4 Å². The van der Waals surface area contributed by atoms with Crippen LogP contribution in [0.5, 0.6) is 0 Å². The first-order valence-corrected chi connectivity index (χ1v) is 7.10. The van der Waals surface area contributed by atoms with E-state index in [1.807, 2.05) is 31.2 Å². The van der Waals surface area contributed by atoms with Crippen LogP contribution in [0.15, 0.2) is 40.9 Å². The highest BCUT2D eigenvalue weighted by Gasteiger charge is 2.09. The Morgan fingerprint density at radius 1 is 1.10 bits per heavy atom. The largest absolute Gasteiger partial charge is 0.228 e. The van der Waals surface area contributed by atoms with E-state index in [1.54, 1.807) is 0 Å². The van der Waals surface area contributed by atoms with Crippen molar-refractivity contribution in [2.24, 2.45) is 0 Å². The molecule has 0 unspecified atom stereocenters. The molecule has 1 aromatic heterocycles. The van der Waals surface area contributed by atoms with Gasteiger partial charge in [-0.2, -0.15) is 0 Å². The topological polar surface area (TPSA) is 25.8 Å². The van der Waals surface area contributed by atoms with E-state index in [2.05, 4.69) is 25.9 Å². The van der Waals surface area contributed by atoms with E-state index in [0.717, 1.165) is 20.9 Å². The average Bonchev–Trinajstić information content (AvgIpc) is 2.38. The second-order valence-corrected chi connectivity index (χ2v) is 5.79. The van der Waals surface area contributed by atoms with Gasteiger partial charge >= 0.3 is 0 Å². The van der Waals surface area contributed by atoms with Gasteiger partial charge in [0.15, 0.2) is 5.82 Å². The fourth-order valence-corrected chi connectivity index (χ4v) is 2.65. The van der Waals surface area contributed by atoms with Crippen LogP contribution in [-0.2, 0) is 0 Å². The Bertz CT molecular complexity index is 800. The first-order chi connectivity index (χ1) is 9.52. The molecule has 2 nitrogen and oxygen atoms in total. The van der Waals surface area contributed by atoms with Crippen molar-refractivity contribution in [1.29, 1.82) is 0 Å². The first kappa shape index (κ1) is 13.5. The molecule has 3 rings (SSSR count). The Hall–Kier alpha value is -1.52. The summed E-state index contributed by atoms with van der Waals surface area (Å²) in [5, 5.41) is 1.12. The van der Waals surface area contributed by atoms with Crippen LogP contribution in [-0.4, -0.2) is 9.97 Å². The molecule has 100 valence electrons. The second-order valence-electron chi connectivity index (χ2n) is 4.52. The van der Waals surface area contributed by atoms with Gasteiger partial charge in [0.05, 0.1) is 5.52 Å². The molecule has 0 atom stereocenters. The highest BCUT2D eigenvalue weighted by molar-refractivity contribution is 9.10. The van der Waals surface area contributed by atoms with E-state index in [1.165, 1.54) is 12.1 Å². The molecule has 0 bridgehead atoms. The van der Waals surface area contributed by atoms with Crippen LogP contribution >= 0.6 is 27.5 Å². The summed E-state index contributed by atoms with van der Waals surface area (Å²) in [6.45, 7) is 1.83. The zero-order chi connectivity index (χ0) is 14.3. The average molecular weight is 352 g/mol. The molecule has 0 aliphatic rings. The molecular weight excluding hydrogens is 343 g/mol. The third-order valence-electron chi connectivity index (χ3n) is 2.91. The van der Waals surface area contributed by atoms with Gasteiger partial charge in [-0.05, 0) is 48.9 Å². The smallest absolute Gasteiger partial charge is 0.161 e. The fourth-order valence-electron chi connectivity index (χ4n) is 2.06. The SMILES string of the molecule is Cc1cc(F)cc(-c2nc(Cl)c3cc(Br)ccc3n2)c1. The molecule has 2 aromatic carbocycles. The number of fused-ring (bicyclic) bond motifs is 1. The lowest BCUT2D eigenvalue weighted by Gasteiger charge is -2.06. The quantitative estimate of drug-likeness (QED) is 0.566. The molecule has 0 amide bonds. The van der Waals surface area contributed by atoms with Crippen LogP contribution in [0.4, 0.5) is 4.39 Å². The van der Waals surface area contributed by atoms with Gasteiger partial charge in [0, 0.05) is 15.4 Å². The van der Waals surface area contributed by atoms with Gasteiger partial charge in [0.25, 0.3) is 0 Å². The van der Waals surface area contributed by atoms with Gasteiger partial charge in [-0.1, -0.05) is 27.5 Å². The summed E-state index contributed by atoms with van der Waals surface area (Å²) in [6.07, 6.45) is 0. The molecule has 0 radical (unpaired) electrons. The van der Waals surface area contributed by atoms with Crippen LogP contribution in [0.2, 0.25) is 5.15 Å². The molecule has 0 saturated carbocycles. The van der Waals surface area contributed by atoms with E-state index in [4.69, 9.17) is 11.6 Å². The summed E-state index contributed by atoms with van der Waals surface area (Å²) in [7, 11) is 0. The molecule has 5 heteroatoms. The van der Waals surface area contributed by atoms with Gasteiger partial charge < -0.3 is 0 Å². The summed E-state index contributed by atoms with van der Waals surface area (Å²) in [5.74, 6) is 0.114. The summed E-state index contributed by atoms with van der Waals surface area (Å²) in [6, 6.07) is 10.3. The fraction of sp³-hybridized carbons (Fsp3) is 0.0667. The number of halogens is 3. The minimum Gasteiger partial charge on any atom is -0.228 e. The standard InChI is InChI=1S/C15H9BrClFN2/c1-8-4-9(6-11(18)5-8)15-19-13-3-2-10(16)7-12(13)14(17)20-15/h2-7H,1H3. The van der Waals surface area contributed by atoms with Crippen LogP contribution in [0.1, 0.15) is 5.56 Å². The molecule has 3 aromatic rings. The first-order valence-electron chi connectivity index (χ1n) is 5.93. The Balaban J connectivity index is 2.24. The normalized spacial score (nSPS) is 11.0. The summed E-state index contributed by atoms with van der Waals surface area (Å²) in [4.78, 5) is 8.71. The molecule has 0 fully saturated rings. The minimum absolute atomic E-state index is 0.310. The van der Waals surface area contributed by atoms with Crippen molar-refractivity contribution in [1.82, 2.24) is 9.97 Å². The van der Waals surface area contributed by atoms with Crippen molar-refractivity contribution in [2.75, 3.05) is 0 Å². The van der Waals surface area contributed by atoms with Crippen molar-refractivity contribution in [3.05, 3.63) is 57.4 Å². The Kier molecular flexibility index (Phi) is 3.44. The second kappa shape index (κ2) is 5.11. The van der Waals surface area contributed by atoms with Gasteiger partial charge in [-0.15, -0.1) is 0 Å². The van der Waals surface area contributed by atoms with Crippen LogP contribution in [0.3, 0.4) is 0 Å². The number of hydrogen-bond donors (Lipinski definition) is 0. The third-order valence-corrected chi connectivity index (χ3v) is 3.69.